The molecule has 0 saturated carbocycles. The van der Waals surface area contributed by atoms with Gasteiger partial charge in [0.2, 0.25) is 0 Å². The highest BCUT2D eigenvalue weighted by atomic mass is 16.6. The van der Waals surface area contributed by atoms with Crippen LogP contribution in [0.5, 0.6) is 0 Å². The topological polar surface area (TPSA) is 41.6 Å². The van der Waals surface area contributed by atoms with Gasteiger partial charge in [-0.25, -0.2) is 4.79 Å². The second kappa shape index (κ2) is 5.53. The number of carbonyl (C=O) groups excluding carboxylic acids is 1. The molecule has 0 aromatic carbocycles. The van der Waals surface area contributed by atoms with E-state index in [0.29, 0.717) is 0 Å². The molecule has 94 valence electrons. The zero-order valence-corrected chi connectivity index (χ0v) is 10.9. The number of amides is 1. The molecule has 0 aliphatic carbocycles. The van der Waals surface area contributed by atoms with Crippen LogP contribution in [0.15, 0.2) is 0 Å². The Labute approximate surface area is 98.3 Å². The number of ether oxygens (including phenoxy) is 1. The molecule has 0 aromatic heterocycles. The zero-order chi connectivity index (χ0) is 12.2. The Bertz CT molecular complexity index is 230. The Hall–Kier alpha value is -0.770. The molecule has 0 aromatic rings. The second-order valence-electron chi connectivity index (χ2n) is 5.52. The molecule has 4 nitrogen and oxygen atoms in total. The van der Waals surface area contributed by atoms with Crippen molar-refractivity contribution in [2.75, 3.05) is 19.6 Å². The fourth-order valence-electron chi connectivity index (χ4n) is 1.65. The molecular formula is C12H24N2O2. The molecule has 1 heterocycles. The summed E-state index contributed by atoms with van der Waals surface area (Å²) in [5.41, 5.74) is -0.220. The third kappa shape index (κ3) is 4.84. The van der Waals surface area contributed by atoms with Gasteiger partial charge in [-0.15, -0.1) is 0 Å². The normalized spacial score (nSPS) is 18.0. The van der Waals surface area contributed by atoms with Crippen LogP contribution in [0.4, 0.5) is 4.79 Å². The molecular weight excluding hydrogens is 204 g/mol. The van der Waals surface area contributed by atoms with Crippen LogP contribution in [0.25, 0.3) is 0 Å². The first kappa shape index (κ1) is 13.3. The molecule has 1 fully saturated rings. The predicted octanol–water partition coefficient (Wildman–Crippen LogP) is 2.00. The fourth-order valence-corrected chi connectivity index (χ4v) is 1.65. The lowest BCUT2D eigenvalue weighted by molar-refractivity contribution is -0.0153. The van der Waals surface area contributed by atoms with Crippen LogP contribution >= 0.6 is 0 Å². The van der Waals surface area contributed by atoms with Gasteiger partial charge in [0.25, 0.3) is 0 Å². The molecule has 16 heavy (non-hydrogen) atoms. The number of nitrogens with one attached hydrogen (secondary N) is 1. The predicted molar refractivity (Wildman–Crippen MR) is 64.5 cm³/mol. The van der Waals surface area contributed by atoms with Gasteiger partial charge < -0.3 is 10.1 Å². The number of rotatable bonds is 4. The number of hydrogen-bond donors (Lipinski definition) is 1. The summed E-state index contributed by atoms with van der Waals surface area (Å²) < 4.78 is 5.28. The van der Waals surface area contributed by atoms with Gasteiger partial charge >= 0.3 is 6.09 Å². The molecule has 1 amide bonds. The average molecular weight is 228 g/mol. The van der Waals surface area contributed by atoms with Gasteiger partial charge in [-0.3, -0.25) is 4.90 Å². The lowest BCUT2D eigenvalue weighted by atomic mass is 10.1. The van der Waals surface area contributed by atoms with Crippen molar-refractivity contribution >= 4 is 6.09 Å². The van der Waals surface area contributed by atoms with E-state index in [1.54, 1.807) is 0 Å². The van der Waals surface area contributed by atoms with Gasteiger partial charge in [0.05, 0.1) is 0 Å². The number of hydrogen-bond acceptors (Lipinski definition) is 3. The van der Waals surface area contributed by atoms with Crippen LogP contribution in [0, 0.1) is 0 Å². The molecule has 1 aliphatic heterocycles. The fraction of sp³-hybridized carbons (Fsp3) is 0.917. The highest BCUT2D eigenvalue weighted by Crippen LogP contribution is 2.13. The smallest absolute Gasteiger partial charge is 0.407 e. The Balaban J connectivity index is 2.10. The van der Waals surface area contributed by atoms with Crippen LogP contribution in [0.2, 0.25) is 0 Å². The summed E-state index contributed by atoms with van der Waals surface area (Å²) in [5.74, 6) is 0. The maximum Gasteiger partial charge on any atom is 0.407 e. The summed E-state index contributed by atoms with van der Waals surface area (Å²) in [5, 5.41) is 2.80. The van der Waals surface area contributed by atoms with Crippen LogP contribution in [-0.4, -0.2) is 42.3 Å². The molecule has 0 radical (unpaired) electrons. The van der Waals surface area contributed by atoms with Crippen LogP contribution in [0.3, 0.4) is 0 Å². The van der Waals surface area contributed by atoms with Gasteiger partial charge in [0.15, 0.2) is 0 Å². The molecule has 1 N–H and O–H groups in total. The SMILES string of the molecule is CCCCN1CC(OC(=O)NC(C)(C)C)C1. The molecule has 4 heteroatoms. The molecule has 0 unspecified atom stereocenters. The minimum absolute atomic E-state index is 0.0826. The average Bonchev–Trinajstić information content (AvgIpc) is 2.05. The maximum absolute atomic E-state index is 11.4. The van der Waals surface area contributed by atoms with E-state index in [9.17, 15) is 4.79 Å². The molecule has 1 saturated heterocycles. The van der Waals surface area contributed by atoms with Gasteiger partial charge in [0, 0.05) is 18.6 Å². The highest BCUT2D eigenvalue weighted by Gasteiger charge is 2.30. The first-order valence-electron chi connectivity index (χ1n) is 6.12. The monoisotopic (exact) mass is 228 g/mol. The largest absolute Gasteiger partial charge is 0.444 e. The van der Waals surface area contributed by atoms with E-state index in [0.717, 1.165) is 19.6 Å². The van der Waals surface area contributed by atoms with E-state index in [1.165, 1.54) is 12.8 Å². The third-order valence-corrected chi connectivity index (χ3v) is 2.50. The van der Waals surface area contributed by atoms with Gasteiger partial charge in [0.1, 0.15) is 6.10 Å². The number of likely N-dealkylation sites (tertiary alicyclic amines) is 1. The lowest BCUT2D eigenvalue weighted by Crippen LogP contribution is -2.55. The number of nitrogens with zero attached hydrogens (tertiary/aromatic N) is 1. The third-order valence-electron chi connectivity index (χ3n) is 2.50. The van der Waals surface area contributed by atoms with E-state index in [-0.39, 0.29) is 17.7 Å². The Morgan fingerprint density at radius 1 is 1.44 bits per heavy atom. The Morgan fingerprint density at radius 3 is 2.56 bits per heavy atom. The van der Waals surface area contributed by atoms with Gasteiger partial charge in [-0.05, 0) is 33.7 Å². The number of carbonyl (C=O) groups is 1. The summed E-state index contributed by atoms with van der Waals surface area (Å²) in [7, 11) is 0. The summed E-state index contributed by atoms with van der Waals surface area (Å²) in [6.45, 7) is 10.9. The Kier molecular flexibility index (Phi) is 4.59. The summed E-state index contributed by atoms with van der Waals surface area (Å²) in [6.07, 6.45) is 2.22. The van der Waals surface area contributed by atoms with Crippen molar-refractivity contribution in [3.8, 4) is 0 Å². The zero-order valence-electron chi connectivity index (χ0n) is 10.9. The van der Waals surface area contributed by atoms with Crippen LogP contribution in [-0.2, 0) is 4.74 Å². The summed E-state index contributed by atoms with van der Waals surface area (Å²) in [6, 6.07) is 0. The highest BCUT2D eigenvalue weighted by molar-refractivity contribution is 5.68. The van der Waals surface area contributed by atoms with Crippen molar-refractivity contribution < 1.29 is 9.53 Å². The first-order chi connectivity index (χ1) is 7.40. The lowest BCUT2D eigenvalue weighted by Gasteiger charge is -2.38. The minimum Gasteiger partial charge on any atom is -0.444 e. The minimum atomic E-state index is -0.298. The standard InChI is InChI=1S/C12H24N2O2/c1-5-6-7-14-8-10(9-14)16-11(15)13-12(2,3)4/h10H,5-9H2,1-4H3,(H,13,15). The van der Waals surface area contributed by atoms with Gasteiger partial charge in [-0.1, -0.05) is 13.3 Å². The molecule has 1 aliphatic rings. The number of unbranched alkanes of at least 4 members (excludes halogenated alkanes) is 1. The van der Waals surface area contributed by atoms with Crippen molar-refractivity contribution in [3.63, 3.8) is 0 Å². The van der Waals surface area contributed by atoms with E-state index in [2.05, 4.69) is 17.1 Å². The van der Waals surface area contributed by atoms with Crippen LogP contribution < -0.4 is 5.32 Å². The van der Waals surface area contributed by atoms with Crippen molar-refractivity contribution in [2.45, 2.75) is 52.2 Å². The first-order valence-corrected chi connectivity index (χ1v) is 6.12. The van der Waals surface area contributed by atoms with Crippen molar-refractivity contribution in [3.05, 3.63) is 0 Å². The van der Waals surface area contributed by atoms with E-state index in [1.807, 2.05) is 20.8 Å². The quantitative estimate of drug-likeness (QED) is 0.800. The number of alkyl carbamates (subject to hydrolysis) is 1. The van der Waals surface area contributed by atoms with Crippen molar-refractivity contribution in [2.24, 2.45) is 0 Å². The maximum atomic E-state index is 11.4. The molecule has 0 atom stereocenters. The molecule has 0 spiro atoms. The van der Waals surface area contributed by atoms with E-state index >= 15 is 0 Å². The molecule has 1 rings (SSSR count). The van der Waals surface area contributed by atoms with Gasteiger partial charge in [-0.2, -0.15) is 0 Å². The summed E-state index contributed by atoms with van der Waals surface area (Å²) in [4.78, 5) is 13.7. The van der Waals surface area contributed by atoms with Crippen LogP contribution in [0.1, 0.15) is 40.5 Å². The van der Waals surface area contributed by atoms with Crippen molar-refractivity contribution in [1.82, 2.24) is 10.2 Å². The van der Waals surface area contributed by atoms with Crippen molar-refractivity contribution in [1.29, 1.82) is 0 Å². The second-order valence-corrected chi connectivity index (χ2v) is 5.52. The Morgan fingerprint density at radius 2 is 2.06 bits per heavy atom. The molecule has 0 bridgehead atoms. The summed E-state index contributed by atoms with van der Waals surface area (Å²) >= 11 is 0. The van der Waals surface area contributed by atoms with E-state index in [4.69, 9.17) is 4.74 Å². The van der Waals surface area contributed by atoms with E-state index < -0.39 is 0 Å².